The number of phenolic OH excluding ortho intramolecular Hbond substituents is 1. The summed E-state index contributed by atoms with van der Waals surface area (Å²) in [7, 11) is 0. The van der Waals surface area contributed by atoms with Crippen LogP contribution >= 0.6 is 15.9 Å². The average molecular weight is 435 g/mol. The number of nitrogens with one attached hydrogen (secondary N) is 1. The largest absolute Gasteiger partial charge is 0.508 e. The Balaban J connectivity index is 1.73. The molecule has 2 N–H and O–H groups in total. The third-order valence-corrected chi connectivity index (χ3v) is 5.76. The maximum absolute atomic E-state index is 10.4. The molecule has 4 rings (SSSR count). The smallest absolute Gasteiger partial charge is 0.126 e. The van der Waals surface area contributed by atoms with Gasteiger partial charge in [-0.05, 0) is 41.3 Å². The molecule has 1 aliphatic rings. The molecule has 0 aromatic heterocycles. The predicted molar refractivity (Wildman–Crippen MR) is 118 cm³/mol. The first-order valence-electron chi connectivity index (χ1n) is 9.59. The summed E-state index contributed by atoms with van der Waals surface area (Å²) < 4.78 is 1.05. The number of hydrogen-bond acceptors (Lipinski definition) is 3. The van der Waals surface area contributed by atoms with Crippen molar-refractivity contribution >= 4 is 21.6 Å². The first-order valence-corrected chi connectivity index (χ1v) is 10.4. The van der Waals surface area contributed by atoms with Crippen LogP contribution in [0.25, 0.3) is 0 Å². The number of phenols is 1. The lowest BCUT2D eigenvalue weighted by Crippen LogP contribution is -2.33. The third kappa shape index (κ3) is 4.03. The van der Waals surface area contributed by atoms with Crippen LogP contribution in [0.2, 0.25) is 0 Å². The van der Waals surface area contributed by atoms with Gasteiger partial charge in [-0.25, -0.2) is 0 Å². The van der Waals surface area contributed by atoms with Gasteiger partial charge in [0.25, 0.3) is 0 Å². The van der Waals surface area contributed by atoms with Gasteiger partial charge in [0.2, 0.25) is 0 Å². The van der Waals surface area contributed by atoms with E-state index in [2.05, 4.69) is 64.6 Å². The van der Waals surface area contributed by atoms with E-state index >= 15 is 0 Å². The highest BCUT2D eigenvalue weighted by atomic mass is 79.9. The van der Waals surface area contributed by atoms with Crippen molar-refractivity contribution in [1.29, 1.82) is 0 Å². The molecule has 0 amide bonds. The first kappa shape index (κ1) is 18.9. The summed E-state index contributed by atoms with van der Waals surface area (Å²) in [6.45, 7) is 2.16. The van der Waals surface area contributed by atoms with Gasteiger partial charge < -0.3 is 5.11 Å². The molecular weight excluding hydrogens is 412 g/mol. The molecule has 1 heterocycles. The summed E-state index contributed by atoms with van der Waals surface area (Å²) in [5.41, 5.74) is 5.52. The van der Waals surface area contributed by atoms with E-state index in [-0.39, 0.29) is 12.2 Å². The Hall–Kier alpha value is -2.43. The van der Waals surface area contributed by atoms with Gasteiger partial charge in [-0.2, -0.15) is 0 Å². The van der Waals surface area contributed by atoms with Crippen molar-refractivity contribution in [2.75, 3.05) is 0 Å². The maximum Gasteiger partial charge on any atom is 0.126 e. The second-order valence-corrected chi connectivity index (χ2v) is 7.98. The zero-order chi connectivity index (χ0) is 19.5. The van der Waals surface area contributed by atoms with Crippen LogP contribution in [0.15, 0.2) is 82.3 Å². The molecule has 0 saturated heterocycles. The standard InChI is InChI=1S/C24H23BrN2O/c1-2-16-7-9-17(10-8-16)21-15-22(20-5-3-4-6-23(20)28)27-24(26-21)18-11-13-19(25)14-12-18/h3-14,22,24,27-28H,2,15H2,1H3/t22-,24-/m1/s1. The fraction of sp³-hybridized carbons (Fsp3) is 0.208. The van der Waals surface area contributed by atoms with E-state index < -0.39 is 0 Å². The van der Waals surface area contributed by atoms with Gasteiger partial charge in [0.05, 0.1) is 0 Å². The van der Waals surface area contributed by atoms with Gasteiger partial charge in [0.1, 0.15) is 11.9 Å². The van der Waals surface area contributed by atoms with E-state index in [4.69, 9.17) is 4.99 Å². The molecule has 2 atom stereocenters. The zero-order valence-electron chi connectivity index (χ0n) is 15.8. The minimum Gasteiger partial charge on any atom is -0.508 e. The van der Waals surface area contributed by atoms with Gasteiger partial charge in [-0.3, -0.25) is 10.3 Å². The van der Waals surface area contributed by atoms with Crippen LogP contribution in [0.4, 0.5) is 0 Å². The molecule has 0 saturated carbocycles. The molecule has 3 aromatic carbocycles. The molecule has 28 heavy (non-hydrogen) atoms. The van der Waals surface area contributed by atoms with Crippen LogP contribution < -0.4 is 5.32 Å². The van der Waals surface area contributed by atoms with Crippen LogP contribution in [0.3, 0.4) is 0 Å². The predicted octanol–water partition coefficient (Wildman–Crippen LogP) is 5.94. The highest BCUT2D eigenvalue weighted by Crippen LogP contribution is 2.34. The van der Waals surface area contributed by atoms with Gasteiger partial charge in [0.15, 0.2) is 0 Å². The number of para-hydroxylation sites is 1. The second kappa shape index (κ2) is 8.29. The fourth-order valence-electron chi connectivity index (χ4n) is 3.61. The minimum absolute atomic E-state index is 0.00630. The topological polar surface area (TPSA) is 44.6 Å². The first-order chi connectivity index (χ1) is 13.6. The van der Waals surface area contributed by atoms with Crippen LogP contribution in [0, 0.1) is 0 Å². The van der Waals surface area contributed by atoms with Crippen LogP contribution in [-0.4, -0.2) is 10.8 Å². The Morgan fingerprint density at radius 1 is 1.00 bits per heavy atom. The van der Waals surface area contributed by atoms with E-state index in [0.717, 1.165) is 39.7 Å². The summed E-state index contributed by atoms with van der Waals surface area (Å²) in [5, 5.41) is 14.0. The lowest BCUT2D eigenvalue weighted by Gasteiger charge is -2.31. The average Bonchev–Trinajstić information content (AvgIpc) is 2.74. The van der Waals surface area contributed by atoms with Crippen molar-refractivity contribution in [2.45, 2.75) is 32.0 Å². The summed E-state index contributed by atoms with van der Waals surface area (Å²) in [6.07, 6.45) is 1.60. The number of rotatable bonds is 4. The Kier molecular flexibility index (Phi) is 5.60. The van der Waals surface area contributed by atoms with E-state index in [1.54, 1.807) is 6.07 Å². The lowest BCUT2D eigenvalue weighted by molar-refractivity contribution is 0.412. The number of hydrogen-bond donors (Lipinski definition) is 2. The molecule has 0 bridgehead atoms. The molecule has 0 aliphatic carbocycles. The SMILES string of the molecule is CCc1ccc(C2=N[C@@H](c3ccc(Br)cc3)N[C@@H](c3ccccc3O)C2)cc1. The molecule has 1 aliphatic heterocycles. The summed E-state index contributed by atoms with van der Waals surface area (Å²) in [4.78, 5) is 5.02. The molecular formula is C24H23BrN2O. The lowest BCUT2D eigenvalue weighted by atomic mass is 9.93. The van der Waals surface area contributed by atoms with E-state index in [1.165, 1.54) is 5.56 Å². The number of nitrogens with zero attached hydrogens (tertiary/aromatic N) is 1. The monoisotopic (exact) mass is 434 g/mol. The van der Waals surface area contributed by atoms with Crippen LogP contribution in [0.5, 0.6) is 5.75 Å². The molecule has 3 aromatic rings. The summed E-state index contributed by atoms with van der Waals surface area (Å²) in [6, 6.07) is 24.4. The van der Waals surface area contributed by atoms with Gasteiger partial charge in [-0.15, -0.1) is 0 Å². The van der Waals surface area contributed by atoms with Crippen molar-refractivity contribution in [1.82, 2.24) is 5.32 Å². The highest BCUT2D eigenvalue weighted by molar-refractivity contribution is 9.10. The molecule has 4 heteroatoms. The Morgan fingerprint density at radius 3 is 2.39 bits per heavy atom. The maximum atomic E-state index is 10.4. The van der Waals surface area contributed by atoms with Crippen molar-refractivity contribution in [3.8, 4) is 5.75 Å². The Bertz CT molecular complexity index is 980. The van der Waals surface area contributed by atoms with Gasteiger partial charge in [0, 0.05) is 28.2 Å². The number of benzene rings is 3. The number of aliphatic imine (C=N–C) groups is 1. The van der Waals surface area contributed by atoms with Crippen molar-refractivity contribution in [3.05, 3.63) is 99.5 Å². The number of aryl methyl sites for hydroxylation is 1. The second-order valence-electron chi connectivity index (χ2n) is 7.06. The summed E-state index contributed by atoms with van der Waals surface area (Å²) in [5.74, 6) is 0.317. The van der Waals surface area contributed by atoms with Crippen LogP contribution in [0.1, 0.15) is 47.8 Å². The number of aromatic hydroxyl groups is 1. The molecule has 0 spiro atoms. The molecule has 3 nitrogen and oxygen atoms in total. The Morgan fingerprint density at radius 2 is 1.71 bits per heavy atom. The van der Waals surface area contributed by atoms with Gasteiger partial charge >= 0.3 is 0 Å². The van der Waals surface area contributed by atoms with Crippen molar-refractivity contribution in [2.24, 2.45) is 4.99 Å². The van der Waals surface area contributed by atoms with E-state index in [0.29, 0.717) is 5.75 Å². The molecule has 0 radical (unpaired) electrons. The van der Waals surface area contributed by atoms with Crippen molar-refractivity contribution in [3.63, 3.8) is 0 Å². The fourth-order valence-corrected chi connectivity index (χ4v) is 3.88. The zero-order valence-corrected chi connectivity index (χ0v) is 17.4. The van der Waals surface area contributed by atoms with E-state index in [1.807, 2.05) is 30.3 Å². The van der Waals surface area contributed by atoms with E-state index in [9.17, 15) is 5.11 Å². The normalized spacial score (nSPS) is 19.3. The third-order valence-electron chi connectivity index (χ3n) is 5.23. The molecule has 142 valence electrons. The summed E-state index contributed by atoms with van der Waals surface area (Å²) >= 11 is 3.50. The molecule has 0 fully saturated rings. The Labute approximate surface area is 174 Å². The minimum atomic E-state index is -0.160. The number of halogens is 1. The van der Waals surface area contributed by atoms with Crippen LogP contribution in [-0.2, 0) is 6.42 Å². The highest BCUT2D eigenvalue weighted by Gasteiger charge is 2.27. The van der Waals surface area contributed by atoms with Crippen molar-refractivity contribution < 1.29 is 5.11 Å². The quantitative estimate of drug-likeness (QED) is 0.533. The van der Waals surface area contributed by atoms with Gasteiger partial charge in [-0.1, -0.05) is 77.5 Å². The molecule has 0 unspecified atom stereocenters.